The van der Waals surface area contributed by atoms with Crippen molar-refractivity contribution in [3.8, 4) is 5.75 Å². The predicted molar refractivity (Wildman–Crippen MR) is 73.1 cm³/mol. The third kappa shape index (κ3) is 4.12. The van der Waals surface area contributed by atoms with Gasteiger partial charge >= 0.3 is 6.36 Å². The van der Waals surface area contributed by atoms with Gasteiger partial charge in [-0.2, -0.15) is 0 Å². The summed E-state index contributed by atoms with van der Waals surface area (Å²) >= 11 is 3.34. The van der Waals surface area contributed by atoms with Crippen molar-refractivity contribution in [1.82, 2.24) is 4.98 Å². The van der Waals surface area contributed by atoms with Gasteiger partial charge in [0.1, 0.15) is 11.6 Å². The molecule has 0 saturated carbocycles. The number of rotatable bonds is 3. The minimum atomic E-state index is -4.71. The molecule has 7 heteroatoms. The number of benzene rings is 1. The van der Waals surface area contributed by atoms with Gasteiger partial charge in [0.2, 0.25) is 0 Å². The molecule has 0 aliphatic carbocycles. The third-order valence-corrected chi connectivity index (χ3v) is 2.91. The predicted octanol–water partition coefficient (Wildman–Crippen LogP) is 4.79. The molecule has 1 heterocycles. The zero-order chi connectivity index (χ0) is 14.8. The molecule has 0 aliphatic rings. The maximum Gasteiger partial charge on any atom is 0.573 e. The van der Waals surface area contributed by atoms with Gasteiger partial charge in [-0.25, -0.2) is 4.98 Å². The van der Waals surface area contributed by atoms with E-state index in [4.69, 9.17) is 0 Å². The molecule has 0 radical (unpaired) electrons. The summed E-state index contributed by atoms with van der Waals surface area (Å²) in [4.78, 5) is 4.16. The van der Waals surface area contributed by atoms with E-state index in [2.05, 4.69) is 31.0 Å². The van der Waals surface area contributed by atoms with E-state index in [1.165, 1.54) is 18.2 Å². The van der Waals surface area contributed by atoms with Crippen LogP contribution in [0.3, 0.4) is 0 Å². The Bertz CT molecular complexity index is 617. The summed E-state index contributed by atoms with van der Waals surface area (Å²) in [6, 6.07) is 7.42. The van der Waals surface area contributed by atoms with Crippen LogP contribution < -0.4 is 10.1 Å². The molecule has 0 aliphatic heterocycles. The number of anilines is 2. The first kappa shape index (κ1) is 14.6. The zero-order valence-electron chi connectivity index (χ0n) is 10.3. The number of pyridine rings is 1. The van der Waals surface area contributed by atoms with Crippen molar-refractivity contribution in [2.45, 2.75) is 13.3 Å². The number of aromatic nitrogens is 1. The fourth-order valence-corrected chi connectivity index (χ4v) is 2.10. The summed E-state index contributed by atoms with van der Waals surface area (Å²) in [7, 11) is 0. The Labute approximate surface area is 121 Å². The highest BCUT2D eigenvalue weighted by Gasteiger charge is 2.31. The second-order valence-electron chi connectivity index (χ2n) is 4.04. The van der Waals surface area contributed by atoms with Crippen molar-refractivity contribution in [2.75, 3.05) is 5.32 Å². The number of hydrogen-bond acceptors (Lipinski definition) is 3. The van der Waals surface area contributed by atoms with Gasteiger partial charge in [-0.05, 0) is 46.6 Å². The summed E-state index contributed by atoms with van der Waals surface area (Å²) < 4.78 is 41.0. The summed E-state index contributed by atoms with van der Waals surface area (Å²) in [6.07, 6.45) is -3.05. The molecule has 106 valence electrons. The van der Waals surface area contributed by atoms with Crippen molar-refractivity contribution < 1.29 is 17.9 Å². The Morgan fingerprint density at radius 1 is 1.25 bits per heavy atom. The van der Waals surface area contributed by atoms with E-state index < -0.39 is 6.36 Å². The van der Waals surface area contributed by atoms with Crippen LogP contribution >= 0.6 is 15.9 Å². The second-order valence-corrected chi connectivity index (χ2v) is 4.90. The van der Waals surface area contributed by atoms with E-state index in [9.17, 15) is 13.2 Å². The van der Waals surface area contributed by atoms with E-state index in [0.717, 1.165) is 10.0 Å². The van der Waals surface area contributed by atoms with E-state index in [1.54, 1.807) is 12.3 Å². The van der Waals surface area contributed by atoms with Crippen molar-refractivity contribution in [3.63, 3.8) is 0 Å². The monoisotopic (exact) mass is 346 g/mol. The van der Waals surface area contributed by atoms with Crippen LogP contribution in [0, 0.1) is 6.92 Å². The van der Waals surface area contributed by atoms with Crippen LogP contribution in [0.1, 0.15) is 5.56 Å². The minimum Gasteiger partial charge on any atom is -0.406 e. The Hall–Kier alpha value is -1.76. The summed E-state index contributed by atoms with van der Waals surface area (Å²) in [5, 5.41) is 2.92. The molecule has 1 aromatic heterocycles. The molecular weight excluding hydrogens is 337 g/mol. The normalized spacial score (nSPS) is 11.2. The quantitative estimate of drug-likeness (QED) is 0.867. The maximum atomic E-state index is 12.1. The first-order valence-electron chi connectivity index (χ1n) is 5.58. The lowest BCUT2D eigenvalue weighted by atomic mass is 10.3. The molecule has 3 nitrogen and oxygen atoms in total. The highest BCUT2D eigenvalue weighted by Crippen LogP contribution is 2.28. The van der Waals surface area contributed by atoms with Crippen LogP contribution in [0.5, 0.6) is 5.75 Å². The van der Waals surface area contributed by atoms with E-state index >= 15 is 0 Å². The van der Waals surface area contributed by atoms with E-state index in [-0.39, 0.29) is 5.75 Å². The first-order chi connectivity index (χ1) is 9.33. The van der Waals surface area contributed by atoms with Gasteiger partial charge in [-0.3, -0.25) is 0 Å². The molecule has 1 N–H and O–H groups in total. The Morgan fingerprint density at radius 3 is 2.65 bits per heavy atom. The molecule has 2 rings (SSSR count). The van der Waals surface area contributed by atoms with Gasteiger partial charge in [0.05, 0.1) is 4.47 Å². The van der Waals surface area contributed by atoms with Gasteiger partial charge in [-0.15, -0.1) is 13.2 Å². The fraction of sp³-hybridized carbons (Fsp3) is 0.154. The molecule has 0 bridgehead atoms. The molecule has 0 spiro atoms. The van der Waals surface area contributed by atoms with Crippen molar-refractivity contribution >= 4 is 27.4 Å². The summed E-state index contributed by atoms with van der Waals surface area (Å²) in [5.74, 6) is 0.227. The Kier molecular flexibility index (Phi) is 4.17. The average Bonchev–Trinajstić information content (AvgIpc) is 2.31. The van der Waals surface area contributed by atoms with E-state index in [1.807, 2.05) is 13.0 Å². The first-order valence-corrected chi connectivity index (χ1v) is 6.38. The van der Waals surface area contributed by atoms with Crippen LogP contribution in [-0.2, 0) is 0 Å². The molecule has 1 aromatic carbocycles. The van der Waals surface area contributed by atoms with Gasteiger partial charge in [-0.1, -0.05) is 6.07 Å². The highest BCUT2D eigenvalue weighted by atomic mass is 79.9. The number of nitrogens with one attached hydrogen (secondary N) is 1. The average molecular weight is 347 g/mol. The van der Waals surface area contributed by atoms with Crippen LogP contribution in [0.2, 0.25) is 0 Å². The van der Waals surface area contributed by atoms with Crippen molar-refractivity contribution in [2.24, 2.45) is 0 Å². The SMILES string of the molecule is Cc1cnc(Nc2cccc(OC(F)(F)F)c2)c(Br)c1. The smallest absolute Gasteiger partial charge is 0.406 e. The van der Waals surface area contributed by atoms with Crippen LogP contribution in [0.15, 0.2) is 41.0 Å². The summed E-state index contributed by atoms with van der Waals surface area (Å²) in [5.41, 5.74) is 1.42. The fourth-order valence-electron chi connectivity index (χ4n) is 1.53. The van der Waals surface area contributed by atoms with Gasteiger partial charge in [0.15, 0.2) is 0 Å². The molecule has 0 unspecified atom stereocenters. The number of alkyl halides is 3. The molecule has 0 fully saturated rings. The van der Waals surface area contributed by atoms with Crippen LogP contribution in [-0.4, -0.2) is 11.3 Å². The lowest BCUT2D eigenvalue weighted by Crippen LogP contribution is -2.17. The maximum absolute atomic E-state index is 12.1. The van der Waals surface area contributed by atoms with Gasteiger partial charge in [0, 0.05) is 18.0 Å². The van der Waals surface area contributed by atoms with Crippen molar-refractivity contribution in [1.29, 1.82) is 0 Å². The van der Waals surface area contributed by atoms with Gasteiger partial charge in [0.25, 0.3) is 0 Å². The minimum absolute atomic E-state index is 0.286. The summed E-state index contributed by atoms with van der Waals surface area (Å²) in [6.45, 7) is 1.89. The van der Waals surface area contributed by atoms with Crippen LogP contribution in [0.25, 0.3) is 0 Å². The van der Waals surface area contributed by atoms with Gasteiger partial charge < -0.3 is 10.1 Å². The molecule has 20 heavy (non-hydrogen) atoms. The standard InChI is InChI=1S/C13H10BrF3N2O/c1-8-5-11(14)12(18-7-8)19-9-3-2-4-10(6-9)20-13(15,16)17/h2-7H,1H3,(H,18,19). The topological polar surface area (TPSA) is 34.2 Å². The molecule has 2 aromatic rings. The molecule has 0 atom stereocenters. The molecule has 0 saturated heterocycles. The zero-order valence-corrected chi connectivity index (χ0v) is 11.9. The van der Waals surface area contributed by atoms with Crippen molar-refractivity contribution in [3.05, 3.63) is 46.6 Å². The Morgan fingerprint density at radius 2 is 2.00 bits per heavy atom. The number of ether oxygens (including phenoxy) is 1. The third-order valence-electron chi connectivity index (χ3n) is 2.31. The second kappa shape index (κ2) is 5.70. The lowest BCUT2D eigenvalue weighted by Gasteiger charge is -2.11. The van der Waals surface area contributed by atoms with E-state index in [0.29, 0.717) is 11.5 Å². The number of nitrogens with zero attached hydrogens (tertiary/aromatic N) is 1. The Balaban J connectivity index is 2.19. The number of hydrogen-bond donors (Lipinski definition) is 1. The lowest BCUT2D eigenvalue weighted by molar-refractivity contribution is -0.274. The number of halogens is 4. The number of aryl methyl sites for hydroxylation is 1. The highest BCUT2D eigenvalue weighted by molar-refractivity contribution is 9.10. The molecular formula is C13H10BrF3N2O. The van der Waals surface area contributed by atoms with Crippen LogP contribution in [0.4, 0.5) is 24.7 Å². The molecule has 0 amide bonds. The largest absolute Gasteiger partial charge is 0.573 e.